The van der Waals surface area contributed by atoms with Crippen molar-refractivity contribution in [2.45, 2.75) is 128 Å². The van der Waals surface area contributed by atoms with Crippen LogP contribution in [-0.4, -0.2) is 91.5 Å². The maximum Gasteiger partial charge on any atom is 0.186 e. The average Bonchev–Trinajstić information content (AvgIpc) is 3.53. The van der Waals surface area contributed by atoms with Crippen LogP contribution in [0.1, 0.15) is 79.6 Å². The molecule has 7 aliphatic rings. The first-order valence-electron chi connectivity index (χ1n) is 15.6. The van der Waals surface area contributed by atoms with Gasteiger partial charge in [-0.1, -0.05) is 46.3 Å². The van der Waals surface area contributed by atoms with Crippen molar-refractivity contribution in [1.29, 1.82) is 0 Å². The highest BCUT2D eigenvalue weighted by Gasteiger charge is 2.85. The summed E-state index contributed by atoms with van der Waals surface area (Å²) >= 11 is 0. The fourth-order valence-electron chi connectivity index (χ4n) is 12.3. The van der Waals surface area contributed by atoms with E-state index in [-0.39, 0.29) is 53.5 Å². The Kier molecular flexibility index (Phi) is 5.92. The lowest BCUT2D eigenvalue weighted by Crippen LogP contribution is -2.61. The zero-order chi connectivity index (χ0) is 29.7. The first-order valence-corrected chi connectivity index (χ1v) is 15.6. The lowest BCUT2D eigenvalue weighted by molar-refractivity contribution is -0.301. The summed E-state index contributed by atoms with van der Waals surface area (Å²) in [5.74, 6) is -0.455. The molecule has 1 aliphatic heterocycles. The molecule has 15 atom stereocenters. The fourth-order valence-corrected chi connectivity index (χ4v) is 12.3. The molecule has 0 bridgehead atoms. The predicted octanol–water partition coefficient (Wildman–Crippen LogP) is 1.45. The van der Waals surface area contributed by atoms with Gasteiger partial charge >= 0.3 is 0 Å². The van der Waals surface area contributed by atoms with Crippen LogP contribution in [0, 0.1) is 44.8 Å². The van der Waals surface area contributed by atoms with Gasteiger partial charge in [0.05, 0.1) is 18.8 Å². The summed E-state index contributed by atoms with van der Waals surface area (Å²) in [7, 11) is 0. The molecule has 1 saturated heterocycles. The molecule has 1 unspecified atom stereocenters. The second kappa shape index (κ2) is 8.42. The van der Waals surface area contributed by atoms with Crippen LogP contribution < -0.4 is 0 Å². The van der Waals surface area contributed by atoms with E-state index in [0.29, 0.717) is 19.3 Å². The molecule has 0 aromatic rings. The second-order valence-electron chi connectivity index (χ2n) is 16.1. The summed E-state index contributed by atoms with van der Waals surface area (Å²) in [6.45, 7) is 10.7. The van der Waals surface area contributed by atoms with Crippen LogP contribution in [0.15, 0.2) is 11.6 Å². The van der Waals surface area contributed by atoms with Crippen LogP contribution in [0.4, 0.5) is 0 Å². The lowest BCUT2D eigenvalue weighted by atomic mass is 9.44. The zero-order valence-corrected chi connectivity index (χ0v) is 24.9. The molecule has 6 aliphatic carbocycles. The predicted molar refractivity (Wildman–Crippen MR) is 146 cm³/mol. The standard InChI is InChI=1S/C32H48O9/c1-15-10-16(33)25(38)32(39)13-29(5)19-7-6-18-27(2,3)21(41-26-23(37)22(36)17(34)12-40-26)8-9-30(18)14-31(19,30)20(35)11-28(29,4)24(15)32/h7,15,17-18,20-26,34-39H,6,8-14H2,1-5H3/t15-,17-,18+,20+,21+,22+,23-,24-,25?,26+,28-,29+,30-,31-,32-/m1/s1. The topological polar surface area (TPSA) is 157 Å². The lowest BCUT2D eigenvalue weighted by Gasteiger charge is -2.61. The zero-order valence-electron chi connectivity index (χ0n) is 24.9. The summed E-state index contributed by atoms with van der Waals surface area (Å²) in [5.41, 5.74) is -2.07. The number of hydrogen-bond donors (Lipinski definition) is 6. The van der Waals surface area contributed by atoms with Gasteiger partial charge in [0.2, 0.25) is 0 Å². The number of aliphatic hydroxyl groups excluding tert-OH is 5. The van der Waals surface area contributed by atoms with Gasteiger partial charge in [0.25, 0.3) is 0 Å². The minimum atomic E-state index is -1.51. The van der Waals surface area contributed by atoms with Crippen molar-refractivity contribution in [2.24, 2.45) is 44.8 Å². The Hall–Kier alpha value is -0.910. The molecule has 41 heavy (non-hydrogen) atoms. The van der Waals surface area contributed by atoms with Crippen LogP contribution in [0.3, 0.4) is 0 Å². The quantitative estimate of drug-likeness (QED) is 0.268. The van der Waals surface area contributed by atoms with Crippen LogP contribution in [0.25, 0.3) is 0 Å². The molecule has 0 amide bonds. The van der Waals surface area contributed by atoms with Gasteiger partial charge in [0.1, 0.15) is 30.0 Å². The number of ether oxygens (including phenoxy) is 2. The Balaban J connectivity index is 1.23. The van der Waals surface area contributed by atoms with Crippen molar-refractivity contribution in [2.75, 3.05) is 6.61 Å². The largest absolute Gasteiger partial charge is 0.392 e. The van der Waals surface area contributed by atoms with Crippen molar-refractivity contribution in [3.63, 3.8) is 0 Å². The highest BCUT2D eigenvalue weighted by molar-refractivity contribution is 5.86. The van der Waals surface area contributed by atoms with Crippen LogP contribution in [-0.2, 0) is 14.3 Å². The number of rotatable bonds is 2. The number of carbonyl (C=O) groups is 1. The van der Waals surface area contributed by atoms with E-state index >= 15 is 0 Å². The minimum absolute atomic E-state index is 0.0856. The smallest absolute Gasteiger partial charge is 0.186 e. The number of fused-ring (bicyclic) bond motifs is 4. The van der Waals surface area contributed by atoms with Gasteiger partial charge in [-0.05, 0) is 77.9 Å². The Morgan fingerprint density at radius 1 is 1.02 bits per heavy atom. The van der Waals surface area contributed by atoms with Gasteiger partial charge in [0, 0.05) is 11.8 Å². The Morgan fingerprint density at radius 3 is 2.44 bits per heavy atom. The van der Waals surface area contributed by atoms with E-state index in [1.807, 2.05) is 6.92 Å². The Labute approximate surface area is 241 Å². The summed E-state index contributed by atoms with van der Waals surface area (Å²) < 4.78 is 11.9. The third-order valence-electron chi connectivity index (χ3n) is 14.2. The molecule has 0 radical (unpaired) electrons. The highest BCUT2D eigenvalue weighted by atomic mass is 16.7. The molecule has 0 aromatic heterocycles. The van der Waals surface area contributed by atoms with Gasteiger partial charge < -0.3 is 40.1 Å². The monoisotopic (exact) mass is 576 g/mol. The maximum absolute atomic E-state index is 12.7. The van der Waals surface area contributed by atoms with Crippen molar-refractivity contribution in [3.05, 3.63) is 11.6 Å². The molecule has 9 nitrogen and oxygen atoms in total. The first-order chi connectivity index (χ1) is 19.0. The molecule has 9 heteroatoms. The molecule has 2 spiro atoms. The van der Waals surface area contributed by atoms with E-state index in [0.717, 1.165) is 19.3 Å². The normalized spacial score (nSPS) is 60.7. The molecular weight excluding hydrogens is 528 g/mol. The van der Waals surface area contributed by atoms with Crippen molar-refractivity contribution >= 4 is 5.78 Å². The minimum Gasteiger partial charge on any atom is -0.392 e. The molecule has 0 aromatic carbocycles. The van der Waals surface area contributed by atoms with Gasteiger partial charge in [-0.25, -0.2) is 0 Å². The van der Waals surface area contributed by atoms with E-state index in [1.165, 1.54) is 5.57 Å². The number of hydrogen-bond acceptors (Lipinski definition) is 9. The van der Waals surface area contributed by atoms with Crippen LogP contribution in [0.2, 0.25) is 0 Å². The Morgan fingerprint density at radius 2 is 1.73 bits per heavy atom. The average molecular weight is 577 g/mol. The first kappa shape index (κ1) is 28.8. The SMILES string of the molecule is C[C@@H]1CC(=O)C(O)[C@@]2(O)C[C@@]3(C)C4=CC[C@H]5C(C)(C)[C@@H](O[C@@H]6OC[C@@H](O)[C@H](O)[C@H]6O)CC[C@@]56C[C@]46[C@@H](O)C[C@]3(C)[C@@H]12. The third-order valence-corrected chi connectivity index (χ3v) is 14.2. The Bertz CT molecular complexity index is 1190. The van der Waals surface area contributed by atoms with Crippen LogP contribution in [0.5, 0.6) is 0 Å². The summed E-state index contributed by atoms with van der Waals surface area (Å²) in [4.78, 5) is 12.7. The van der Waals surface area contributed by atoms with E-state index < -0.39 is 58.7 Å². The number of ketones is 1. The van der Waals surface area contributed by atoms with E-state index in [4.69, 9.17) is 9.47 Å². The van der Waals surface area contributed by atoms with E-state index in [2.05, 4.69) is 33.8 Å². The molecule has 6 fully saturated rings. The van der Waals surface area contributed by atoms with Crippen LogP contribution >= 0.6 is 0 Å². The summed E-state index contributed by atoms with van der Waals surface area (Å²) in [6.07, 6.45) is -0.461. The molecular formula is C32H48O9. The van der Waals surface area contributed by atoms with Crippen molar-refractivity contribution < 1.29 is 44.9 Å². The molecule has 1 heterocycles. The molecule has 5 saturated carbocycles. The third kappa shape index (κ3) is 3.18. The highest BCUT2D eigenvalue weighted by Crippen LogP contribution is 2.88. The van der Waals surface area contributed by atoms with Gasteiger partial charge in [-0.3, -0.25) is 4.79 Å². The van der Waals surface area contributed by atoms with E-state index in [9.17, 15) is 35.4 Å². The van der Waals surface area contributed by atoms with Gasteiger partial charge in [-0.15, -0.1) is 0 Å². The molecule has 230 valence electrons. The fraction of sp³-hybridized carbons (Fsp3) is 0.906. The van der Waals surface area contributed by atoms with E-state index in [1.54, 1.807) is 0 Å². The van der Waals surface area contributed by atoms with Crippen molar-refractivity contribution in [1.82, 2.24) is 0 Å². The molecule has 7 rings (SSSR count). The number of carbonyl (C=O) groups excluding carboxylic acids is 1. The summed E-state index contributed by atoms with van der Waals surface area (Å²) in [5, 5.41) is 65.8. The van der Waals surface area contributed by atoms with Gasteiger partial charge in [-0.2, -0.15) is 0 Å². The number of Topliss-reactive ketones (excluding diaryl/α,β-unsaturated/α-hetero) is 1. The number of aliphatic hydroxyl groups is 6. The maximum atomic E-state index is 12.7. The van der Waals surface area contributed by atoms with Crippen molar-refractivity contribution in [3.8, 4) is 0 Å². The second-order valence-corrected chi connectivity index (χ2v) is 16.1. The van der Waals surface area contributed by atoms with Gasteiger partial charge in [0.15, 0.2) is 12.1 Å². The summed E-state index contributed by atoms with van der Waals surface area (Å²) in [6, 6.07) is 0. The number of allylic oxidation sites excluding steroid dienone is 1. The molecule has 6 N–H and O–H groups in total.